The van der Waals surface area contributed by atoms with Gasteiger partial charge < -0.3 is 10.5 Å². The first-order valence-electron chi connectivity index (χ1n) is 5.12. The number of ether oxygens (including phenoxy) is 1. The molecule has 0 spiro atoms. The summed E-state index contributed by atoms with van der Waals surface area (Å²) in [5, 5.41) is 0. The SMILES string of the molecule is CC(N)CC1(c2ccccc2)COC1. The van der Waals surface area contributed by atoms with Gasteiger partial charge in [0.1, 0.15) is 0 Å². The van der Waals surface area contributed by atoms with Gasteiger partial charge in [-0.15, -0.1) is 0 Å². The van der Waals surface area contributed by atoms with E-state index in [4.69, 9.17) is 10.5 Å². The van der Waals surface area contributed by atoms with Crippen LogP contribution in [0.1, 0.15) is 18.9 Å². The lowest BCUT2D eigenvalue weighted by Crippen LogP contribution is -2.49. The largest absolute Gasteiger partial charge is 0.379 e. The number of rotatable bonds is 3. The van der Waals surface area contributed by atoms with Crippen molar-refractivity contribution in [3.63, 3.8) is 0 Å². The topological polar surface area (TPSA) is 35.2 Å². The van der Waals surface area contributed by atoms with Crippen molar-refractivity contribution in [2.75, 3.05) is 13.2 Å². The normalized spacial score (nSPS) is 21.3. The Labute approximate surface area is 85.1 Å². The molecular formula is C12H17NO. The van der Waals surface area contributed by atoms with E-state index in [1.807, 2.05) is 6.07 Å². The van der Waals surface area contributed by atoms with Gasteiger partial charge in [0.15, 0.2) is 0 Å². The maximum Gasteiger partial charge on any atom is 0.0586 e. The fourth-order valence-electron chi connectivity index (χ4n) is 2.16. The Hall–Kier alpha value is -0.860. The average molecular weight is 191 g/mol. The highest BCUT2D eigenvalue weighted by atomic mass is 16.5. The molecular weight excluding hydrogens is 174 g/mol. The molecule has 76 valence electrons. The Kier molecular flexibility index (Phi) is 2.57. The van der Waals surface area contributed by atoms with Crippen molar-refractivity contribution in [2.24, 2.45) is 5.73 Å². The zero-order valence-corrected chi connectivity index (χ0v) is 8.57. The Balaban J connectivity index is 2.20. The van der Waals surface area contributed by atoms with Crippen LogP contribution in [0.3, 0.4) is 0 Å². The monoisotopic (exact) mass is 191 g/mol. The molecule has 1 aliphatic rings. The highest BCUT2D eigenvalue weighted by molar-refractivity contribution is 5.28. The number of hydrogen-bond acceptors (Lipinski definition) is 2. The Bertz CT molecular complexity index is 290. The molecule has 1 saturated heterocycles. The van der Waals surface area contributed by atoms with E-state index in [9.17, 15) is 0 Å². The molecule has 2 nitrogen and oxygen atoms in total. The van der Waals surface area contributed by atoms with Gasteiger partial charge in [-0.25, -0.2) is 0 Å². The molecule has 0 saturated carbocycles. The van der Waals surface area contributed by atoms with Gasteiger partial charge in [0.2, 0.25) is 0 Å². The molecule has 1 aliphatic heterocycles. The summed E-state index contributed by atoms with van der Waals surface area (Å²) in [6, 6.07) is 10.8. The standard InChI is InChI=1S/C12H17NO/c1-10(13)7-12(8-14-9-12)11-5-3-2-4-6-11/h2-6,10H,7-9,13H2,1H3. The van der Waals surface area contributed by atoms with Crippen molar-refractivity contribution in [3.05, 3.63) is 35.9 Å². The summed E-state index contributed by atoms with van der Waals surface area (Å²) >= 11 is 0. The highest BCUT2D eigenvalue weighted by Gasteiger charge is 2.40. The summed E-state index contributed by atoms with van der Waals surface area (Å²) in [5.41, 5.74) is 7.42. The van der Waals surface area contributed by atoms with Gasteiger partial charge in [0.25, 0.3) is 0 Å². The zero-order valence-electron chi connectivity index (χ0n) is 8.57. The van der Waals surface area contributed by atoms with E-state index in [1.165, 1.54) is 5.56 Å². The minimum atomic E-state index is 0.190. The second-order valence-electron chi connectivity index (χ2n) is 4.32. The first kappa shape index (κ1) is 9.69. The summed E-state index contributed by atoms with van der Waals surface area (Å²) < 4.78 is 5.34. The zero-order chi connectivity index (χ0) is 10.0. The van der Waals surface area contributed by atoms with Crippen LogP contribution >= 0.6 is 0 Å². The lowest BCUT2D eigenvalue weighted by Gasteiger charge is -2.43. The fourth-order valence-corrected chi connectivity index (χ4v) is 2.16. The van der Waals surface area contributed by atoms with Crippen molar-refractivity contribution in [3.8, 4) is 0 Å². The minimum absolute atomic E-state index is 0.190. The molecule has 1 aromatic rings. The first-order chi connectivity index (χ1) is 6.73. The lowest BCUT2D eigenvalue weighted by molar-refractivity contribution is -0.0665. The summed E-state index contributed by atoms with van der Waals surface area (Å²) in [4.78, 5) is 0. The minimum Gasteiger partial charge on any atom is -0.379 e. The molecule has 1 unspecified atom stereocenters. The van der Waals surface area contributed by atoms with Crippen LogP contribution in [-0.2, 0) is 10.2 Å². The molecule has 0 aromatic heterocycles. The predicted octanol–water partition coefficient (Wildman–Crippen LogP) is 1.69. The van der Waals surface area contributed by atoms with Gasteiger partial charge in [0, 0.05) is 11.5 Å². The molecule has 2 heteroatoms. The van der Waals surface area contributed by atoms with Crippen LogP contribution in [0.25, 0.3) is 0 Å². The van der Waals surface area contributed by atoms with Crippen molar-refractivity contribution >= 4 is 0 Å². The van der Waals surface area contributed by atoms with Gasteiger partial charge in [-0.1, -0.05) is 30.3 Å². The third kappa shape index (κ3) is 1.68. The van der Waals surface area contributed by atoms with Crippen LogP contribution in [-0.4, -0.2) is 19.3 Å². The molecule has 1 fully saturated rings. The number of benzene rings is 1. The number of nitrogens with two attached hydrogens (primary N) is 1. The summed E-state index contributed by atoms with van der Waals surface area (Å²) in [5.74, 6) is 0. The van der Waals surface area contributed by atoms with Crippen molar-refractivity contribution < 1.29 is 4.74 Å². The summed E-state index contributed by atoms with van der Waals surface area (Å²) in [6.45, 7) is 3.69. The smallest absolute Gasteiger partial charge is 0.0586 e. The van der Waals surface area contributed by atoms with Crippen molar-refractivity contribution in [1.29, 1.82) is 0 Å². The van der Waals surface area contributed by atoms with Gasteiger partial charge in [-0.2, -0.15) is 0 Å². The molecule has 1 aromatic carbocycles. The van der Waals surface area contributed by atoms with Crippen LogP contribution < -0.4 is 5.73 Å². The predicted molar refractivity (Wildman–Crippen MR) is 57.2 cm³/mol. The third-order valence-corrected chi connectivity index (χ3v) is 2.86. The Morgan fingerprint density at radius 3 is 2.43 bits per heavy atom. The fraction of sp³-hybridized carbons (Fsp3) is 0.500. The van der Waals surface area contributed by atoms with E-state index in [0.29, 0.717) is 0 Å². The third-order valence-electron chi connectivity index (χ3n) is 2.86. The van der Waals surface area contributed by atoms with Crippen LogP contribution in [0.5, 0.6) is 0 Å². The molecule has 14 heavy (non-hydrogen) atoms. The van der Waals surface area contributed by atoms with Gasteiger partial charge in [-0.3, -0.25) is 0 Å². The molecule has 0 bridgehead atoms. The van der Waals surface area contributed by atoms with Crippen molar-refractivity contribution in [2.45, 2.75) is 24.8 Å². The lowest BCUT2D eigenvalue weighted by atomic mass is 9.74. The second kappa shape index (κ2) is 3.71. The average Bonchev–Trinajstić information content (AvgIpc) is 2.12. The van der Waals surface area contributed by atoms with Crippen LogP contribution in [0.15, 0.2) is 30.3 Å². The molecule has 2 rings (SSSR count). The van der Waals surface area contributed by atoms with E-state index in [2.05, 4.69) is 31.2 Å². The molecule has 0 aliphatic carbocycles. The van der Waals surface area contributed by atoms with Crippen LogP contribution in [0, 0.1) is 0 Å². The maximum atomic E-state index is 5.87. The quantitative estimate of drug-likeness (QED) is 0.789. The molecule has 0 amide bonds. The molecule has 1 heterocycles. The van der Waals surface area contributed by atoms with Crippen LogP contribution in [0.2, 0.25) is 0 Å². The van der Waals surface area contributed by atoms with Gasteiger partial charge >= 0.3 is 0 Å². The van der Waals surface area contributed by atoms with E-state index in [-0.39, 0.29) is 11.5 Å². The molecule has 1 atom stereocenters. The van der Waals surface area contributed by atoms with Crippen LogP contribution in [0.4, 0.5) is 0 Å². The van der Waals surface area contributed by atoms with Gasteiger partial charge in [-0.05, 0) is 18.9 Å². The van der Waals surface area contributed by atoms with E-state index in [0.717, 1.165) is 19.6 Å². The number of hydrogen-bond donors (Lipinski definition) is 1. The molecule has 0 radical (unpaired) electrons. The van der Waals surface area contributed by atoms with Gasteiger partial charge in [0.05, 0.1) is 13.2 Å². The van der Waals surface area contributed by atoms with E-state index >= 15 is 0 Å². The maximum absolute atomic E-state index is 5.87. The summed E-state index contributed by atoms with van der Waals surface area (Å²) in [7, 11) is 0. The van der Waals surface area contributed by atoms with Crippen molar-refractivity contribution in [1.82, 2.24) is 0 Å². The Morgan fingerprint density at radius 1 is 1.36 bits per heavy atom. The highest BCUT2D eigenvalue weighted by Crippen LogP contribution is 2.36. The van der Waals surface area contributed by atoms with E-state index in [1.54, 1.807) is 0 Å². The molecule has 2 N–H and O–H groups in total. The Morgan fingerprint density at radius 2 is 2.00 bits per heavy atom. The summed E-state index contributed by atoms with van der Waals surface area (Å²) in [6.07, 6.45) is 1.01. The first-order valence-corrected chi connectivity index (χ1v) is 5.12. The van der Waals surface area contributed by atoms with E-state index < -0.39 is 0 Å². The second-order valence-corrected chi connectivity index (χ2v) is 4.32.